The van der Waals surface area contributed by atoms with Crippen molar-refractivity contribution in [3.8, 4) is 0 Å². The van der Waals surface area contributed by atoms with Crippen molar-refractivity contribution < 1.29 is 49.3 Å². The Morgan fingerprint density at radius 1 is 0.487 bits per heavy atom. The van der Waals surface area contributed by atoms with Crippen LogP contribution in [0.3, 0.4) is 0 Å². The predicted molar refractivity (Wildman–Crippen MR) is 333 cm³/mol. The van der Waals surface area contributed by atoms with Crippen molar-refractivity contribution in [2.75, 3.05) is 13.2 Å². The van der Waals surface area contributed by atoms with Gasteiger partial charge < -0.3 is 45.1 Å². The fourth-order valence-corrected chi connectivity index (χ4v) is 9.52. The van der Waals surface area contributed by atoms with Gasteiger partial charge in [0, 0.05) is 6.42 Å². The molecule has 0 aliphatic carbocycles. The first-order chi connectivity index (χ1) is 39.2. The Morgan fingerprint density at radius 3 is 1.31 bits per heavy atom. The average Bonchev–Trinajstić information content (AvgIpc) is 3.45. The maximum absolute atomic E-state index is 13.4. The number of hydrogen-bond acceptors (Lipinski definition) is 10. The molecule has 0 bridgehead atoms. The molecule has 0 spiro atoms. The number of amides is 1. The average molecular weight is 1120 g/mol. The Morgan fingerprint density at radius 2 is 0.863 bits per heavy atom. The summed E-state index contributed by atoms with van der Waals surface area (Å²) in [6.07, 6.45) is 64.3. The van der Waals surface area contributed by atoms with Gasteiger partial charge in [0.05, 0.1) is 25.4 Å². The SMILES string of the molecule is CCCCC/C=C\C/C=C\C/C=C\C/C=C\CCCCCCC(O)C(=O)NC(COC1OC(CO)C(O)C(O)C1OC(=O)CCCCCCCC/C=C\C/C=C\C/C=C\CCCCC)C(O)/C=C/CCCCCCCCCCCC. The number of ether oxygens (including phenoxy) is 3. The number of hydrogen-bond donors (Lipinski definition) is 6. The van der Waals surface area contributed by atoms with Gasteiger partial charge in [0.15, 0.2) is 12.4 Å². The molecule has 6 N–H and O–H groups in total. The molecular formula is C69H119NO10. The normalized spacial score (nSPS) is 19.4. The molecule has 11 heteroatoms. The van der Waals surface area contributed by atoms with Crippen LogP contribution in [0.5, 0.6) is 0 Å². The van der Waals surface area contributed by atoms with Crippen LogP contribution in [0.4, 0.5) is 0 Å². The lowest BCUT2D eigenvalue weighted by Gasteiger charge is -2.41. The second-order valence-corrected chi connectivity index (χ2v) is 22.1. The van der Waals surface area contributed by atoms with Gasteiger partial charge in [-0.25, -0.2) is 0 Å². The summed E-state index contributed by atoms with van der Waals surface area (Å²) in [5.74, 6) is -1.23. The molecule has 1 amide bonds. The zero-order valence-electron chi connectivity index (χ0n) is 50.9. The zero-order chi connectivity index (χ0) is 58.2. The number of aliphatic hydroxyl groups excluding tert-OH is 5. The van der Waals surface area contributed by atoms with Gasteiger partial charge in [-0.3, -0.25) is 9.59 Å². The first-order valence-corrected chi connectivity index (χ1v) is 32.5. The van der Waals surface area contributed by atoms with Crippen molar-refractivity contribution in [1.29, 1.82) is 0 Å². The first kappa shape index (κ1) is 74.6. The lowest BCUT2D eigenvalue weighted by Crippen LogP contribution is -2.61. The first-order valence-electron chi connectivity index (χ1n) is 32.5. The summed E-state index contributed by atoms with van der Waals surface area (Å²) in [5, 5.41) is 57.1. The summed E-state index contributed by atoms with van der Waals surface area (Å²) in [7, 11) is 0. The van der Waals surface area contributed by atoms with E-state index in [2.05, 4.69) is 111 Å². The van der Waals surface area contributed by atoms with Crippen LogP contribution < -0.4 is 5.32 Å². The number of rotatable bonds is 54. The molecule has 1 aliphatic heterocycles. The zero-order valence-corrected chi connectivity index (χ0v) is 50.9. The third-order valence-electron chi connectivity index (χ3n) is 14.7. The fraction of sp³-hybridized carbons (Fsp3) is 0.739. The van der Waals surface area contributed by atoms with Gasteiger partial charge >= 0.3 is 5.97 Å². The fourth-order valence-electron chi connectivity index (χ4n) is 9.52. The molecule has 1 fully saturated rings. The summed E-state index contributed by atoms with van der Waals surface area (Å²) in [4.78, 5) is 26.6. The van der Waals surface area contributed by atoms with Crippen molar-refractivity contribution >= 4 is 11.9 Å². The molecule has 1 rings (SSSR count). The van der Waals surface area contributed by atoms with Gasteiger partial charge in [0.1, 0.15) is 24.4 Å². The summed E-state index contributed by atoms with van der Waals surface area (Å²) >= 11 is 0. The molecule has 8 unspecified atom stereocenters. The number of esters is 1. The molecule has 0 radical (unpaired) electrons. The molecule has 0 aromatic carbocycles. The van der Waals surface area contributed by atoms with E-state index in [1.54, 1.807) is 6.08 Å². The van der Waals surface area contributed by atoms with Gasteiger partial charge in [0.25, 0.3) is 0 Å². The van der Waals surface area contributed by atoms with Gasteiger partial charge in [-0.15, -0.1) is 0 Å². The highest BCUT2D eigenvalue weighted by molar-refractivity contribution is 5.80. The van der Waals surface area contributed by atoms with Crippen LogP contribution >= 0.6 is 0 Å². The van der Waals surface area contributed by atoms with Crippen molar-refractivity contribution in [2.24, 2.45) is 0 Å². The number of carbonyl (C=O) groups is 2. The third-order valence-corrected chi connectivity index (χ3v) is 14.7. The monoisotopic (exact) mass is 1120 g/mol. The highest BCUT2D eigenvalue weighted by Gasteiger charge is 2.47. The van der Waals surface area contributed by atoms with Crippen LogP contribution in [0.2, 0.25) is 0 Å². The quantitative estimate of drug-likeness (QED) is 0.0195. The molecule has 11 nitrogen and oxygen atoms in total. The lowest BCUT2D eigenvalue weighted by atomic mass is 9.99. The number of nitrogens with one attached hydrogen (secondary N) is 1. The largest absolute Gasteiger partial charge is 0.454 e. The van der Waals surface area contributed by atoms with Gasteiger partial charge in [-0.05, 0) is 109 Å². The second-order valence-electron chi connectivity index (χ2n) is 22.1. The van der Waals surface area contributed by atoms with E-state index < -0.39 is 67.4 Å². The minimum Gasteiger partial charge on any atom is -0.454 e. The molecule has 80 heavy (non-hydrogen) atoms. The highest BCUT2D eigenvalue weighted by Crippen LogP contribution is 2.26. The maximum atomic E-state index is 13.4. The van der Waals surface area contributed by atoms with Crippen molar-refractivity contribution in [3.63, 3.8) is 0 Å². The standard InChI is InChI=1S/C69H119NO10/c1-4-7-10-13-16-19-22-25-27-29-31-33-34-36-38-41-44-47-50-53-56-62(73)68(77)70-60(61(72)55-52-49-46-43-40-24-21-18-15-12-9-6-3)59-78-69-67(66(76)65(75)63(58-71)79-69)80-64(74)57-54-51-48-45-42-39-37-35-32-30-28-26-23-20-17-14-11-8-5-2/h16-17,19-20,25-28,31-33,35-36,38,52,55,60-63,65-67,69,71-73,75-76H,4-15,18,21-24,29-30,34,37,39-51,53-54,56-59H2,1-3H3,(H,70,77)/b19-16-,20-17-,27-25-,28-26-,33-31-,35-32-,38-36-,55-52+. The Balaban J connectivity index is 2.69. The van der Waals surface area contributed by atoms with Crippen LogP contribution in [0.25, 0.3) is 0 Å². The number of aliphatic hydroxyl groups is 5. The highest BCUT2D eigenvalue weighted by atomic mass is 16.7. The van der Waals surface area contributed by atoms with Crippen molar-refractivity contribution in [1.82, 2.24) is 5.32 Å². The van der Waals surface area contributed by atoms with E-state index in [0.717, 1.165) is 122 Å². The van der Waals surface area contributed by atoms with E-state index in [0.29, 0.717) is 12.8 Å². The lowest BCUT2D eigenvalue weighted by molar-refractivity contribution is -0.305. The number of unbranched alkanes of at least 4 members (excludes halogenated alkanes) is 26. The Bertz CT molecular complexity index is 1670. The molecule has 1 saturated heterocycles. The number of allylic oxidation sites excluding steroid dienone is 15. The summed E-state index contributed by atoms with van der Waals surface area (Å²) < 4.78 is 17.6. The van der Waals surface area contributed by atoms with Crippen molar-refractivity contribution in [3.05, 3.63) is 97.2 Å². The van der Waals surface area contributed by atoms with E-state index in [1.165, 1.54) is 96.3 Å². The van der Waals surface area contributed by atoms with E-state index >= 15 is 0 Å². The maximum Gasteiger partial charge on any atom is 0.306 e. The van der Waals surface area contributed by atoms with Crippen LogP contribution in [-0.2, 0) is 23.8 Å². The topological polar surface area (TPSA) is 175 Å². The third kappa shape index (κ3) is 43.3. The van der Waals surface area contributed by atoms with Crippen LogP contribution in [0, 0.1) is 0 Å². The van der Waals surface area contributed by atoms with Crippen LogP contribution in [-0.4, -0.2) is 99.6 Å². The molecule has 1 aliphatic rings. The molecular weight excluding hydrogens is 1000 g/mol. The van der Waals surface area contributed by atoms with Crippen LogP contribution in [0.15, 0.2) is 97.2 Å². The van der Waals surface area contributed by atoms with Gasteiger partial charge in [0.2, 0.25) is 5.91 Å². The predicted octanol–water partition coefficient (Wildman–Crippen LogP) is 15.9. The molecule has 0 aromatic heterocycles. The Hall–Kier alpha value is -3.42. The Labute approximate surface area is 488 Å². The molecule has 1 heterocycles. The minimum atomic E-state index is -1.63. The van der Waals surface area contributed by atoms with E-state index in [1.807, 2.05) is 6.08 Å². The van der Waals surface area contributed by atoms with E-state index in [-0.39, 0.29) is 19.4 Å². The molecule has 460 valence electrons. The van der Waals surface area contributed by atoms with Crippen molar-refractivity contribution in [2.45, 2.75) is 314 Å². The molecule has 0 saturated carbocycles. The van der Waals surface area contributed by atoms with E-state index in [9.17, 15) is 35.1 Å². The summed E-state index contributed by atoms with van der Waals surface area (Å²) in [6, 6.07) is -1.04. The molecule has 0 aromatic rings. The van der Waals surface area contributed by atoms with Crippen LogP contribution in [0.1, 0.15) is 265 Å². The summed E-state index contributed by atoms with van der Waals surface area (Å²) in [6.45, 7) is 5.71. The second kappa shape index (κ2) is 56.1. The number of carbonyl (C=O) groups excluding carboxylic acids is 2. The van der Waals surface area contributed by atoms with Gasteiger partial charge in [-0.2, -0.15) is 0 Å². The smallest absolute Gasteiger partial charge is 0.306 e. The Kier molecular flexibility index (Phi) is 52.3. The van der Waals surface area contributed by atoms with E-state index in [4.69, 9.17) is 14.2 Å². The summed E-state index contributed by atoms with van der Waals surface area (Å²) in [5.41, 5.74) is 0. The van der Waals surface area contributed by atoms with Gasteiger partial charge in [-0.1, -0.05) is 246 Å². The minimum absolute atomic E-state index is 0.102. The molecule has 8 atom stereocenters.